The van der Waals surface area contributed by atoms with Gasteiger partial charge in [-0.15, -0.1) is 0 Å². The van der Waals surface area contributed by atoms with E-state index in [4.69, 9.17) is 5.10 Å². The van der Waals surface area contributed by atoms with E-state index in [1.54, 1.807) is 12.1 Å². The van der Waals surface area contributed by atoms with Gasteiger partial charge in [-0.2, -0.15) is 5.10 Å². The van der Waals surface area contributed by atoms with Gasteiger partial charge in [0.15, 0.2) is 0 Å². The number of benzene rings is 2. The third kappa shape index (κ3) is 2.08. The standard InChI is InChI=1S/C18H16FN3/c1-12-2-4-13(5-3-12)17-16-10-11-20-18(16)22(21-17)15-8-6-14(19)7-9-15/h2-9,20H,10-11H2,1H3. The van der Waals surface area contributed by atoms with E-state index < -0.39 is 0 Å². The molecule has 2 aromatic carbocycles. The van der Waals surface area contributed by atoms with Gasteiger partial charge in [-0.3, -0.25) is 0 Å². The lowest BCUT2D eigenvalue weighted by Crippen LogP contribution is -2.04. The molecule has 0 saturated heterocycles. The van der Waals surface area contributed by atoms with Gasteiger partial charge < -0.3 is 5.32 Å². The Hall–Kier alpha value is -2.62. The maximum Gasteiger partial charge on any atom is 0.133 e. The highest BCUT2D eigenvalue weighted by Crippen LogP contribution is 2.34. The van der Waals surface area contributed by atoms with E-state index in [0.29, 0.717) is 0 Å². The lowest BCUT2D eigenvalue weighted by molar-refractivity contribution is 0.627. The Bertz CT molecular complexity index is 749. The van der Waals surface area contributed by atoms with Crippen LogP contribution < -0.4 is 5.32 Å². The molecule has 2 heterocycles. The fourth-order valence-corrected chi connectivity index (χ4v) is 2.89. The number of nitrogens with zero attached hydrogens (tertiary/aromatic N) is 2. The Morgan fingerprint density at radius 1 is 1.05 bits per heavy atom. The van der Waals surface area contributed by atoms with Gasteiger partial charge in [-0.25, -0.2) is 9.07 Å². The maximum atomic E-state index is 13.1. The monoisotopic (exact) mass is 293 g/mol. The summed E-state index contributed by atoms with van der Waals surface area (Å²) in [5, 5.41) is 8.15. The normalized spacial score (nSPS) is 13.0. The second kappa shape index (κ2) is 4.98. The molecule has 0 radical (unpaired) electrons. The number of hydrogen-bond acceptors (Lipinski definition) is 2. The molecule has 1 N–H and O–H groups in total. The number of nitrogens with one attached hydrogen (secondary N) is 1. The third-order valence-corrected chi connectivity index (χ3v) is 4.05. The predicted molar refractivity (Wildman–Crippen MR) is 85.9 cm³/mol. The maximum absolute atomic E-state index is 13.1. The summed E-state index contributed by atoms with van der Waals surface area (Å²) in [6.45, 7) is 2.99. The number of anilines is 1. The Kier molecular flexibility index (Phi) is 2.96. The van der Waals surface area contributed by atoms with E-state index in [2.05, 4.69) is 36.5 Å². The van der Waals surface area contributed by atoms with Crippen LogP contribution in [0.25, 0.3) is 16.9 Å². The molecule has 0 unspecified atom stereocenters. The molecule has 1 aliphatic heterocycles. The Balaban J connectivity index is 1.86. The van der Waals surface area contributed by atoms with E-state index in [1.807, 2.05) is 4.68 Å². The van der Waals surface area contributed by atoms with Crippen LogP contribution in [-0.2, 0) is 6.42 Å². The van der Waals surface area contributed by atoms with Crippen molar-refractivity contribution >= 4 is 5.82 Å². The van der Waals surface area contributed by atoms with Crippen molar-refractivity contribution < 1.29 is 4.39 Å². The fraction of sp³-hybridized carbons (Fsp3) is 0.167. The average molecular weight is 293 g/mol. The van der Waals surface area contributed by atoms with Crippen LogP contribution in [0, 0.1) is 12.7 Å². The highest BCUT2D eigenvalue weighted by atomic mass is 19.1. The quantitative estimate of drug-likeness (QED) is 0.775. The van der Waals surface area contributed by atoms with Crippen LogP contribution in [0.3, 0.4) is 0 Å². The molecule has 22 heavy (non-hydrogen) atoms. The van der Waals surface area contributed by atoms with Gasteiger partial charge in [-0.1, -0.05) is 29.8 Å². The summed E-state index contributed by atoms with van der Waals surface area (Å²) in [5.41, 5.74) is 5.45. The minimum atomic E-state index is -0.237. The summed E-state index contributed by atoms with van der Waals surface area (Å²) in [5.74, 6) is 0.779. The number of aromatic nitrogens is 2. The second-order valence-electron chi connectivity index (χ2n) is 5.61. The Morgan fingerprint density at radius 2 is 1.77 bits per heavy atom. The molecule has 0 aliphatic carbocycles. The first-order valence-corrected chi connectivity index (χ1v) is 7.41. The summed E-state index contributed by atoms with van der Waals surface area (Å²) in [6, 6.07) is 14.8. The van der Waals surface area contributed by atoms with Crippen molar-refractivity contribution in [2.45, 2.75) is 13.3 Å². The molecule has 4 heteroatoms. The van der Waals surface area contributed by atoms with E-state index in [1.165, 1.54) is 23.3 Å². The molecule has 0 atom stereocenters. The molecule has 4 rings (SSSR count). The van der Waals surface area contributed by atoms with Crippen LogP contribution >= 0.6 is 0 Å². The highest BCUT2D eigenvalue weighted by molar-refractivity contribution is 5.72. The zero-order valence-electron chi connectivity index (χ0n) is 12.3. The Morgan fingerprint density at radius 3 is 2.50 bits per heavy atom. The number of aryl methyl sites for hydroxylation is 1. The first kappa shape index (κ1) is 13.1. The molecule has 1 aromatic heterocycles. The first-order valence-electron chi connectivity index (χ1n) is 7.41. The largest absolute Gasteiger partial charge is 0.369 e. The van der Waals surface area contributed by atoms with Crippen molar-refractivity contribution in [3.63, 3.8) is 0 Å². The summed E-state index contributed by atoms with van der Waals surface area (Å²) in [6.07, 6.45) is 0.958. The molecule has 0 bridgehead atoms. The molecule has 0 spiro atoms. The van der Waals surface area contributed by atoms with E-state index in [0.717, 1.165) is 35.7 Å². The smallest absolute Gasteiger partial charge is 0.133 e. The van der Waals surface area contributed by atoms with Gasteiger partial charge in [-0.05, 0) is 37.6 Å². The second-order valence-corrected chi connectivity index (χ2v) is 5.61. The molecule has 110 valence electrons. The van der Waals surface area contributed by atoms with Crippen molar-refractivity contribution in [3.05, 3.63) is 65.5 Å². The molecule has 3 nitrogen and oxygen atoms in total. The Labute approximate surface area is 128 Å². The molecule has 3 aromatic rings. The summed E-state index contributed by atoms with van der Waals surface area (Å²) < 4.78 is 15.0. The van der Waals surface area contributed by atoms with Gasteiger partial charge in [0.25, 0.3) is 0 Å². The third-order valence-electron chi connectivity index (χ3n) is 4.05. The lowest BCUT2D eigenvalue weighted by Gasteiger charge is -2.06. The van der Waals surface area contributed by atoms with Gasteiger partial charge >= 0.3 is 0 Å². The lowest BCUT2D eigenvalue weighted by atomic mass is 10.1. The summed E-state index contributed by atoms with van der Waals surface area (Å²) >= 11 is 0. The van der Waals surface area contributed by atoms with Crippen LogP contribution in [0.5, 0.6) is 0 Å². The van der Waals surface area contributed by atoms with Gasteiger partial charge in [0, 0.05) is 17.7 Å². The number of halogens is 1. The van der Waals surface area contributed by atoms with E-state index in [9.17, 15) is 4.39 Å². The number of fused-ring (bicyclic) bond motifs is 1. The van der Waals surface area contributed by atoms with Crippen LogP contribution in [0.2, 0.25) is 0 Å². The van der Waals surface area contributed by atoms with Gasteiger partial charge in [0.2, 0.25) is 0 Å². The van der Waals surface area contributed by atoms with Crippen molar-refractivity contribution in [2.75, 3.05) is 11.9 Å². The number of rotatable bonds is 2. The highest BCUT2D eigenvalue weighted by Gasteiger charge is 2.23. The van der Waals surface area contributed by atoms with Crippen molar-refractivity contribution in [1.82, 2.24) is 9.78 Å². The topological polar surface area (TPSA) is 29.9 Å². The number of hydrogen-bond donors (Lipinski definition) is 1. The predicted octanol–water partition coefficient (Wildman–Crippen LogP) is 3.95. The van der Waals surface area contributed by atoms with Gasteiger partial charge in [0.05, 0.1) is 11.4 Å². The van der Waals surface area contributed by atoms with Gasteiger partial charge in [0.1, 0.15) is 11.6 Å². The minimum Gasteiger partial charge on any atom is -0.369 e. The minimum absolute atomic E-state index is 0.237. The van der Waals surface area contributed by atoms with Crippen LogP contribution in [0.15, 0.2) is 48.5 Å². The van der Waals surface area contributed by atoms with E-state index >= 15 is 0 Å². The first-order chi connectivity index (χ1) is 10.7. The average Bonchev–Trinajstić information content (AvgIpc) is 3.12. The van der Waals surface area contributed by atoms with Crippen molar-refractivity contribution in [1.29, 1.82) is 0 Å². The molecule has 0 saturated carbocycles. The molecular formula is C18H16FN3. The molecule has 0 amide bonds. The van der Waals surface area contributed by atoms with Crippen LogP contribution in [-0.4, -0.2) is 16.3 Å². The van der Waals surface area contributed by atoms with Crippen molar-refractivity contribution in [3.8, 4) is 16.9 Å². The van der Waals surface area contributed by atoms with Crippen LogP contribution in [0.4, 0.5) is 10.2 Å². The molecule has 1 aliphatic rings. The zero-order chi connectivity index (χ0) is 15.1. The van der Waals surface area contributed by atoms with Crippen LogP contribution in [0.1, 0.15) is 11.1 Å². The zero-order valence-corrected chi connectivity index (χ0v) is 12.3. The molecule has 0 fully saturated rings. The molecular weight excluding hydrogens is 277 g/mol. The van der Waals surface area contributed by atoms with E-state index in [-0.39, 0.29) is 5.82 Å². The fourth-order valence-electron chi connectivity index (χ4n) is 2.89. The summed E-state index contributed by atoms with van der Waals surface area (Å²) in [4.78, 5) is 0. The SMILES string of the molecule is Cc1ccc(-c2nn(-c3ccc(F)cc3)c3c2CCN3)cc1. The van der Waals surface area contributed by atoms with Crippen molar-refractivity contribution in [2.24, 2.45) is 0 Å². The summed E-state index contributed by atoms with van der Waals surface area (Å²) in [7, 11) is 0.